The molecule has 0 aromatic carbocycles. The van der Waals surface area contributed by atoms with Crippen molar-refractivity contribution in [3.8, 4) is 5.88 Å². The zero-order valence-electron chi connectivity index (χ0n) is 11.1. The molecule has 1 aromatic rings. The Morgan fingerprint density at radius 3 is 2.68 bits per heavy atom. The fraction of sp³-hybridized carbons (Fsp3) is 0.500. The first-order valence-corrected chi connectivity index (χ1v) is 5.82. The molecule has 0 fully saturated rings. The first-order chi connectivity index (χ1) is 8.90. The Morgan fingerprint density at radius 1 is 1.42 bits per heavy atom. The normalized spacial score (nSPS) is 11.7. The zero-order valence-corrected chi connectivity index (χ0v) is 11.1. The minimum atomic E-state index is -0.922. The summed E-state index contributed by atoms with van der Waals surface area (Å²) < 4.78 is 4.97. The second-order valence-corrected chi connectivity index (χ2v) is 4.33. The van der Waals surface area contributed by atoms with Gasteiger partial charge in [0.05, 0.1) is 7.11 Å². The summed E-state index contributed by atoms with van der Waals surface area (Å²) in [6, 6.07) is 1.64. The molecular formula is C12H17N3O4. The Bertz CT molecular complexity index is 476. The number of carboxylic acids is 1. The fourth-order valence-electron chi connectivity index (χ4n) is 1.56. The van der Waals surface area contributed by atoms with Crippen LogP contribution < -0.4 is 10.1 Å². The first kappa shape index (κ1) is 14.9. The van der Waals surface area contributed by atoms with Gasteiger partial charge in [-0.25, -0.2) is 4.98 Å². The highest BCUT2D eigenvalue weighted by molar-refractivity contribution is 5.89. The lowest BCUT2D eigenvalue weighted by atomic mass is 10.0. The number of aliphatic carboxylic acids is 1. The molecule has 7 heteroatoms. The van der Waals surface area contributed by atoms with Crippen LogP contribution in [0.15, 0.2) is 6.07 Å². The van der Waals surface area contributed by atoms with E-state index in [2.05, 4.69) is 15.3 Å². The number of aryl methyl sites for hydroxylation is 1. The van der Waals surface area contributed by atoms with Crippen molar-refractivity contribution in [1.82, 2.24) is 9.97 Å². The van der Waals surface area contributed by atoms with E-state index < -0.39 is 5.97 Å². The van der Waals surface area contributed by atoms with Crippen molar-refractivity contribution in [3.63, 3.8) is 0 Å². The monoisotopic (exact) mass is 267 g/mol. The number of carbonyl (C=O) groups excluding carboxylic acids is 1. The third-order valence-electron chi connectivity index (χ3n) is 2.35. The van der Waals surface area contributed by atoms with Gasteiger partial charge in [-0.3, -0.25) is 14.9 Å². The van der Waals surface area contributed by atoms with Crippen LogP contribution in [-0.2, 0) is 9.59 Å². The maximum atomic E-state index is 11.7. The number of nitrogens with zero attached hydrogens (tertiary/aromatic N) is 2. The van der Waals surface area contributed by atoms with Gasteiger partial charge in [-0.2, -0.15) is 4.98 Å². The van der Waals surface area contributed by atoms with Gasteiger partial charge in [0.1, 0.15) is 0 Å². The average Bonchev–Trinajstić information content (AvgIpc) is 2.26. The number of carboxylic acid groups (broad SMARTS) is 1. The summed E-state index contributed by atoms with van der Waals surface area (Å²) in [5.41, 5.74) is 0.667. The maximum Gasteiger partial charge on any atom is 0.303 e. The van der Waals surface area contributed by atoms with Gasteiger partial charge in [-0.05, 0) is 12.8 Å². The summed E-state index contributed by atoms with van der Waals surface area (Å²) in [6.07, 6.45) is 0.0529. The Hall–Kier alpha value is -2.18. The molecular weight excluding hydrogens is 250 g/mol. The second-order valence-electron chi connectivity index (χ2n) is 4.33. The van der Waals surface area contributed by atoms with Crippen LogP contribution in [-0.4, -0.2) is 34.1 Å². The van der Waals surface area contributed by atoms with Crippen molar-refractivity contribution < 1.29 is 19.4 Å². The van der Waals surface area contributed by atoms with E-state index in [0.717, 1.165) is 0 Å². The highest BCUT2D eigenvalue weighted by Gasteiger charge is 2.14. The zero-order chi connectivity index (χ0) is 14.4. The van der Waals surface area contributed by atoms with Crippen LogP contribution in [0.3, 0.4) is 0 Å². The topological polar surface area (TPSA) is 101 Å². The smallest absolute Gasteiger partial charge is 0.303 e. The van der Waals surface area contributed by atoms with Gasteiger partial charge in [0.15, 0.2) is 0 Å². The molecule has 2 N–H and O–H groups in total. The lowest BCUT2D eigenvalue weighted by Crippen LogP contribution is -2.18. The summed E-state index contributed by atoms with van der Waals surface area (Å²) in [6.45, 7) is 3.46. The van der Waals surface area contributed by atoms with Crippen molar-refractivity contribution >= 4 is 17.8 Å². The van der Waals surface area contributed by atoms with Crippen LogP contribution in [0.2, 0.25) is 0 Å². The minimum Gasteiger partial charge on any atom is -0.481 e. The standard InChI is InChI=1S/C12H17N3O4/c1-7(5-11(17)18)4-9(16)14-12-13-8(2)6-10(15-12)19-3/h6-7H,4-5H2,1-3H3,(H,17,18)(H,13,14,15,16). The van der Waals surface area contributed by atoms with Gasteiger partial charge >= 0.3 is 5.97 Å². The number of hydrogen-bond acceptors (Lipinski definition) is 5. The number of nitrogens with one attached hydrogen (secondary N) is 1. The third kappa shape index (κ3) is 5.33. The van der Waals surface area contributed by atoms with Crippen LogP contribution in [0.4, 0.5) is 5.95 Å². The summed E-state index contributed by atoms with van der Waals surface area (Å²) in [4.78, 5) is 30.2. The number of aromatic nitrogens is 2. The van der Waals surface area contributed by atoms with Crippen molar-refractivity contribution in [1.29, 1.82) is 0 Å². The van der Waals surface area contributed by atoms with Crippen LogP contribution >= 0.6 is 0 Å². The number of anilines is 1. The maximum absolute atomic E-state index is 11.7. The molecule has 0 aliphatic rings. The highest BCUT2D eigenvalue weighted by atomic mass is 16.5. The molecule has 104 valence electrons. The number of methoxy groups -OCH3 is 1. The van der Waals surface area contributed by atoms with Gasteiger partial charge in [0.25, 0.3) is 0 Å². The predicted molar refractivity (Wildman–Crippen MR) is 68.0 cm³/mol. The van der Waals surface area contributed by atoms with Gasteiger partial charge < -0.3 is 9.84 Å². The van der Waals surface area contributed by atoms with Crippen molar-refractivity contribution in [3.05, 3.63) is 11.8 Å². The third-order valence-corrected chi connectivity index (χ3v) is 2.35. The minimum absolute atomic E-state index is 0.0502. The summed E-state index contributed by atoms with van der Waals surface area (Å²) >= 11 is 0. The van der Waals surface area contributed by atoms with Gasteiger partial charge in [-0.1, -0.05) is 6.92 Å². The van der Waals surface area contributed by atoms with E-state index >= 15 is 0 Å². The van der Waals surface area contributed by atoms with E-state index in [0.29, 0.717) is 11.6 Å². The fourth-order valence-corrected chi connectivity index (χ4v) is 1.56. The Labute approximate surface area is 111 Å². The molecule has 1 aromatic heterocycles. The second kappa shape index (κ2) is 6.67. The van der Waals surface area contributed by atoms with E-state index in [1.54, 1.807) is 19.9 Å². The van der Waals surface area contributed by atoms with Crippen LogP contribution in [0.25, 0.3) is 0 Å². The molecule has 1 rings (SSSR count). The van der Waals surface area contributed by atoms with E-state index in [-0.39, 0.29) is 30.6 Å². The highest BCUT2D eigenvalue weighted by Crippen LogP contribution is 2.13. The number of rotatable bonds is 6. The molecule has 0 saturated carbocycles. The molecule has 0 radical (unpaired) electrons. The lowest BCUT2D eigenvalue weighted by Gasteiger charge is -2.09. The van der Waals surface area contributed by atoms with Crippen LogP contribution in [0.5, 0.6) is 5.88 Å². The number of hydrogen-bond donors (Lipinski definition) is 2. The molecule has 7 nitrogen and oxygen atoms in total. The SMILES string of the molecule is COc1cc(C)nc(NC(=O)CC(C)CC(=O)O)n1. The summed E-state index contributed by atoms with van der Waals surface area (Å²) in [7, 11) is 1.47. The van der Waals surface area contributed by atoms with Crippen LogP contribution in [0.1, 0.15) is 25.5 Å². The molecule has 0 saturated heterocycles. The molecule has 1 unspecified atom stereocenters. The van der Waals surface area contributed by atoms with E-state index in [9.17, 15) is 9.59 Å². The first-order valence-electron chi connectivity index (χ1n) is 5.82. The molecule has 1 atom stereocenters. The van der Waals surface area contributed by atoms with E-state index in [4.69, 9.17) is 9.84 Å². The van der Waals surface area contributed by atoms with Crippen molar-refractivity contribution in [2.45, 2.75) is 26.7 Å². The predicted octanol–water partition coefficient (Wildman–Crippen LogP) is 1.23. The Kier molecular flexibility index (Phi) is 5.23. The largest absolute Gasteiger partial charge is 0.481 e. The molecule has 1 amide bonds. The van der Waals surface area contributed by atoms with Gasteiger partial charge in [0, 0.05) is 24.6 Å². The van der Waals surface area contributed by atoms with Gasteiger partial charge in [0.2, 0.25) is 17.7 Å². The van der Waals surface area contributed by atoms with E-state index in [1.807, 2.05) is 0 Å². The molecule has 0 bridgehead atoms. The molecule has 0 aliphatic heterocycles. The molecule has 0 spiro atoms. The summed E-state index contributed by atoms with van der Waals surface area (Å²) in [5, 5.41) is 11.1. The average molecular weight is 267 g/mol. The van der Waals surface area contributed by atoms with Crippen molar-refractivity contribution in [2.75, 3.05) is 12.4 Å². The van der Waals surface area contributed by atoms with Crippen molar-refractivity contribution in [2.24, 2.45) is 5.92 Å². The Morgan fingerprint density at radius 2 is 2.11 bits per heavy atom. The Balaban J connectivity index is 2.61. The quantitative estimate of drug-likeness (QED) is 0.803. The number of carbonyl (C=O) groups is 2. The van der Waals surface area contributed by atoms with Gasteiger partial charge in [-0.15, -0.1) is 0 Å². The molecule has 0 aliphatic carbocycles. The summed E-state index contributed by atoms with van der Waals surface area (Å²) in [5.74, 6) is -0.967. The number of ether oxygens (including phenoxy) is 1. The lowest BCUT2D eigenvalue weighted by molar-refractivity contribution is -0.138. The van der Waals surface area contributed by atoms with E-state index in [1.165, 1.54) is 7.11 Å². The van der Waals surface area contributed by atoms with Crippen LogP contribution in [0, 0.1) is 12.8 Å². The molecule has 19 heavy (non-hydrogen) atoms. The number of amides is 1. The molecule has 1 heterocycles.